The summed E-state index contributed by atoms with van der Waals surface area (Å²) in [5.74, 6) is 1.73. The number of nitrogens with zero attached hydrogens (tertiary/aromatic N) is 7. The zero-order chi connectivity index (χ0) is 18.4. The van der Waals surface area contributed by atoms with E-state index in [0.29, 0.717) is 12.6 Å². The van der Waals surface area contributed by atoms with E-state index < -0.39 is 0 Å². The molecule has 1 aliphatic heterocycles. The molecule has 0 unspecified atom stereocenters. The van der Waals surface area contributed by atoms with Gasteiger partial charge in [0.25, 0.3) is 0 Å². The number of hydrogen-bond acceptors (Lipinski definition) is 8. The predicted molar refractivity (Wildman–Crippen MR) is 106 cm³/mol. The van der Waals surface area contributed by atoms with Gasteiger partial charge in [-0.05, 0) is 19.1 Å². The van der Waals surface area contributed by atoms with Crippen LogP contribution in [-0.4, -0.2) is 57.4 Å². The summed E-state index contributed by atoms with van der Waals surface area (Å²) in [4.78, 5) is 13.8. The quantitative estimate of drug-likeness (QED) is 0.526. The van der Waals surface area contributed by atoms with Crippen molar-refractivity contribution in [2.75, 3.05) is 36.5 Å². The summed E-state index contributed by atoms with van der Waals surface area (Å²) in [7, 11) is 2.10. The number of para-hydroxylation sites is 1. The van der Waals surface area contributed by atoms with Crippen molar-refractivity contribution in [2.45, 2.75) is 13.0 Å². The van der Waals surface area contributed by atoms with Gasteiger partial charge in [-0.25, -0.2) is 9.97 Å². The fourth-order valence-corrected chi connectivity index (χ4v) is 4.35. The van der Waals surface area contributed by atoms with Crippen LogP contribution in [0.15, 0.2) is 36.9 Å². The van der Waals surface area contributed by atoms with Crippen molar-refractivity contribution < 1.29 is 4.74 Å². The van der Waals surface area contributed by atoms with E-state index in [1.165, 1.54) is 0 Å². The molecule has 1 fully saturated rings. The van der Waals surface area contributed by atoms with Gasteiger partial charge in [-0.15, -0.1) is 10.2 Å². The fourth-order valence-electron chi connectivity index (χ4n) is 3.33. The topological polar surface area (TPSA) is 71.7 Å². The number of aromatic nitrogens is 5. The molecule has 0 N–H and O–H groups in total. The minimum absolute atomic E-state index is 0.381. The first-order valence-electron chi connectivity index (χ1n) is 8.89. The largest absolute Gasteiger partial charge is 0.492 e. The van der Waals surface area contributed by atoms with Crippen molar-refractivity contribution in [2.24, 2.45) is 0 Å². The molecule has 0 bridgehead atoms. The monoisotopic (exact) mass is 381 g/mol. The molecule has 3 aromatic heterocycles. The lowest BCUT2D eigenvalue weighted by Gasteiger charge is -2.44. The molecule has 0 aliphatic carbocycles. The average molecular weight is 381 g/mol. The first-order valence-corrected chi connectivity index (χ1v) is 9.70. The highest BCUT2D eigenvalue weighted by Gasteiger charge is 2.33. The molecule has 0 amide bonds. The minimum Gasteiger partial charge on any atom is -0.492 e. The number of likely N-dealkylation sites (N-methyl/N-ethyl adjacent to an activating group) is 1. The molecular formula is C18H19N7OS. The van der Waals surface area contributed by atoms with Crippen LogP contribution in [0.1, 0.15) is 6.92 Å². The molecule has 0 spiro atoms. The molecule has 1 aliphatic rings. The van der Waals surface area contributed by atoms with Crippen molar-refractivity contribution in [1.82, 2.24) is 24.6 Å². The summed E-state index contributed by atoms with van der Waals surface area (Å²) in [6.45, 7) is 4.39. The third kappa shape index (κ3) is 2.66. The first kappa shape index (κ1) is 16.2. The SMILES string of the molecule is CCOc1cccc2sc(N(C)C3CN(c4nccn5cnnc45)C3)nc12. The molecule has 5 rings (SSSR count). The van der Waals surface area contributed by atoms with Crippen LogP contribution in [0.25, 0.3) is 15.9 Å². The Morgan fingerprint density at radius 2 is 2.22 bits per heavy atom. The maximum atomic E-state index is 5.72. The van der Waals surface area contributed by atoms with Crippen molar-refractivity contribution >= 4 is 38.2 Å². The molecule has 4 heterocycles. The zero-order valence-electron chi connectivity index (χ0n) is 15.1. The van der Waals surface area contributed by atoms with Crippen LogP contribution < -0.4 is 14.5 Å². The lowest BCUT2D eigenvalue weighted by Crippen LogP contribution is -2.59. The summed E-state index contributed by atoms with van der Waals surface area (Å²) in [6, 6.07) is 6.47. The Hall–Kier alpha value is -2.94. The van der Waals surface area contributed by atoms with Crippen molar-refractivity contribution in [1.29, 1.82) is 0 Å². The fraction of sp³-hybridized carbons (Fsp3) is 0.333. The second-order valence-electron chi connectivity index (χ2n) is 6.51. The van der Waals surface area contributed by atoms with Crippen LogP contribution >= 0.6 is 11.3 Å². The number of benzene rings is 1. The Balaban J connectivity index is 1.36. The summed E-state index contributed by atoms with van der Waals surface area (Å²) in [5.41, 5.74) is 1.73. The Morgan fingerprint density at radius 3 is 3.07 bits per heavy atom. The Labute approximate surface area is 160 Å². The van der Waals surface area contributed by atoms with E-state index >= 15 is 0 Å². The van der Waals surface area contributed by atoms with Gasteiger partial charge >= 0.3 is 0 Å². The highest BCUT2D eigenvalue weighted by Crippen LogP contribution is 2.36. The summed E-state index contributed by atoms with van der Waals surface area (Å²) < 4.78 is 8.75. The minimum atomic E-state index is 0.381. The normalized spacial score (nSPS) is 14.7. The van der Waals surface area contributed by atoms with E-state index in [1.54, 1.807) is 23.9 Å². The second-order valence-corrected chi connectivity index (χ2v) is 7.52. The molecule has 0 radical (unpaired) electrons. The third-order valence-electron chi connectivity index (χ3n) is 4.88. The van der Waals surface area contributed by atoms with Gasteiger partial charge in [0.1, 0.15) is 17.6 Å². The standard InChI is InChI=1S/C18H19N7OS/c1-3-26-13-5-4-6-14-15(13)21-18(27-14)23(2)12-9-25(10-12)16-17-22-20-11-24(17)8-7-19-16/h4-8,11-12H,3,9-10H2,1-2H3. The van der Waals surface area contributed by atoms with Crippen LogP contribution in [0.2, 0.25) is 0 Å². The number of rotatable bonds is 5. The van der Waals surface area contributed by atoms with Crippen molar-refractivity contribution in [3.63, 3.8) is 0 Å². The lowest BCUT2D eigenvalue weighted by atomic mass is 10.1. The Bertz CT molecular complexity index is 1100. The van der Waals surface area contributed by atoms with E-state index in [0.717, 1.165) is 45.7 Å². The van der Waals surface area contributed by atoms with Gasteiger partial charge in [0.2, 0.25) is 5.65 Å². The van der Waals surface area contributed by atoms with Crippen molar-refractivity contribution in [3.8, 4) is 5.75 Å². The number of anilines is 2. The third-order valence-corrected chi connectivity index (χ3v) is 5.99. The molecule has 4 aromatic rings. The highest BCUT2D eigenvalue weighted by molar-refractivity contribution is 7.22. The maximum Gasteiger partial charge on any atom is 0.203 e. The molecular weight excluding hydrogens is 362 g/mol. The molecule has 9 heteroatoms. The number of ether oxygens (including phenoxy) is 1. The van der Waals surface area contributed by atoms with Gasteiger partial charge in [0, 0.05) is 32.5 Å². The van der Waals surface area contributed by atoms with Gasteiger partial charge < -0.3 is 14.5 Å². The molecule has 0 atom stereocenters. The van der Waals surface area contributed by atoms with E-state index in [1.807, 2.05) is 29.7 Å². The van der Waals surface area contributed by atoms with Gasteiger partial charge in [-0.3, -0.25) is 4.40 Å². The lowest BCUT2D eigenvalue weighted by molar-refractivity contribution is 0.343. The number of hydrogen-bond donors (Lipinski definition) is 0. The summed E-state index contributed by atoms with van der Waals surface area (Å²) >= 11 is 1.70. The van der Waals surface area contributed by atoms with Crippen LogP contribution in [0.4, 0.5) is 10.9 Å². The molecule has 8 nitrogen and oxygen atoms in total. The van der Waals surface area contributed by atoms with Crippen molar-refractivity contribution in [3.05, 3.63) is 36.9 Å². The molecule has 138 valence electrons. The first-order chi connectivity index (χ1) is 13.2. The van der Waals surface area contributed by atoms with Gasteiger partial charge in [0.15, 0.2) is 10.9 Å². The molecule has 1 aromatic carbocycles. The predicted octanol–water partition coefficient (Wildman–Crippen LogP) is 2.46. The molecule has 0 saturated carbocycles. The van der Waals surface area contributed by atoms with Gasteiger partial charge in [-0.1, -0.05) is 17.4 Å². The number of thiazole rings is 1. The smallest absolute Gasteiger partial charge is 0.203 e. The second kappa shape index (κ2) is 6.34. The average Bonchev–Trinajstić information content (AvgIpc) is 3.28. The zero-order valence-corrected chi connectivity index (χ0v) is 15.9. The Morgan fingerprint density at radius 1 is 1.33 bits per heavy atom. The number of fused-ring (bicyclic) bond motifs is 2. The van der Waals surface area contributed by atoms with Crippen LogP contribution in [0.5, 0.6) is 5.75 Å². The maximum absolute atomic E-state index is 5.72. The summed E-state index contributed by atoms with van der Waals surface area (Å²) in [6.07, 6.45) is 5.34. The molecule has 1 saturated heterocycles. The highest BCUT2D eigenvalue weighted by atomic mass is 32.1. The molecule has 27 heavy (non-hydrogen) atoms. The van der Waals surface area contributed by atoms with E-state index in [2.05, 4.69) is 38.1 Å². The van der Waals surface area contributed by atoms with Crippen LogP contribution in [0.3, 0.4) is 0 Å². The van der Waals surface area contributed by atoms with E-state index in [4.69, 9.17) is 9.72 Å². The van der Waals surface area contributed by atoms with Gasteiger partial charge in [0.05, 0.1) is 17.3 Å². The van der Waals surface area contributed by atoms with Crippen LogP contribution in [-0.2, 0) is 0 Å². The van der Waals surface area contributed by atoms with Crippen LogP contribution in [0, 0.1) is 0 Å². The van der Waals surface area contributed by atoms with E-state index in [9.17, 15) is 0 Å². The van der Waals surface area contributed by atoms with E-state index in [-0.39, 0.29) is 0 Å². The Kier molecular flexibility index (Phi) is 3.82. The van der Waals surface area contributed by atoms with Gasteiger partial charge in [-0.2, -0.15) is 0 Å². The summed E-state index contributed by atoms with van der Waals surface area (Å²) in [5, 5.41) is 9.15.